The summed E-state index contributed by atoms with van der Waals surface area (Å²) in [5, 5.41) is 15.2. The number of aromatic carboxylic acids is 1. The molecule has 152 valence electrons. The lowest BCUT2D eigenvalue weighted by Gasteiger charge is -2.29. The van der Waals surface area contributed by atoms with Crippen LogP contribution in [0.1, 0.15) is 46.1 Å². The zero-order chi connectivity index (χ0) is 20.7. The summed E-state index contributed by atoms with van der Waals surface area (Å²) >= 11 is 0. The van der Waals surface area contributed by atoms with Crippen LogP contribution < -0.4 is 4.90 Å². The van der Waals surface area contributed by atoms with E-state index in [1.54, 1.807) is 4.68 Å². The second kappa shape index (κ2) is 7.48. The van der Waals surface area contributed by atoms with Crippen LogP contribution in [-0.2, 0) is 13.6 Å². The molecular weight excluding hydrogens is 366 g/mol. The highest BCUT2D eigenvalue weighted by molar-refractivity contribution is 6.05. The lowest BCUT2D eigenvalue weighted by atomic mass is 10.0. The maximum Gasteiger partial charge on any atom is 0.339 e. The van der Waals surface area contributed by atoms with Crippen LogP contribution in [-0.4, -0.2) is 51.4 Å². The van der Waals surface area contributed by atoms with Gasteiger partial charge in [-0.1, -0.05) is 24.3 Å². The van der Waals surface area contributed by atoms with Crippen LogP contribution in [0, 0.1) is 6.92 Å². The number of carbonyl (C=O) groups is 1. The lowest BCUT2D eigenvalue weighted by Crippen LogP contribution is -2.25. The van der Waals surface area contributed by atoms with Crippen molar-refractivity contribution in [3.05, 3.63) is 52.8 Å². The Kier molecular flexibility index (Phi) is 5.00. The molecule has 3 heterocycles. The molecule has 0 saturated carbocycles. The fourth-order valence-corrected chi connectivity index (χ4v) is 4.44. The highest BCUT2D eigenvalue weighted by Crippen LogP contribution is 2.41. The number of fused-ring (bicyclic) bond motifs is 1. The van der Waals surface area contributed by atoms with Crippen molar-refractivity contribution < 1.29 is 9.90 Å². The van der Waals surface area contributed by atoms with E-state index in [4.69, 9.17) is 0 Å². The molecule has 0 amide bonds. The first-order valence-electron chi connectivity index (χ1n) is 9.92. The van der Waals surface area contributed by atoms with Crippen molar-refractivity contribution in [2.24, 2.45) is 7.05 Å². The standard InChI is InChI=1S/C22H27N5O2/c1-14-19-20(17(22(28)29)12-23-21(19)26(4)24-14)27-11-5-6-18(27)16-9-7-15(8-10-16)13-25(2)3/h7-10,12,18H,5-6,11,13H2,1-4H3,(H,28,29). The molecule has 7 heteroatoms. The van der Waals surface area contributed by atoms with Gasteiger partial charge in [0.15, 0.2) is 5.65 Å². The number of aryl methyl sites for hydroxylation is 2. The number of pyridine rings is 1. The quantitative estimate of drug-likeness (QED) is 0.716. The average molecular weight is 393 g/mol. The Hall–Kier alpha value is -2.93. The summed E-state index contributed by atoms with van der Waals surface area (Å²) in [6.45, 7) is 3.63. The van der Waals surface area contributed by atoms with Gasteiger partial charge in [0.05, 0.1) is 22.8 Å². The van der Waals surface area contributed by atoms with Gasteiger partial charge in [-0.05, 0) is 45.0 Å². The number of carboxylic acid groups (broad SMARTS) is 1. The molecule has 3 aromatic rings. The number of hydrogen-bond donors (Lipinski definition) is 1. The van der Waals surface area contributed by atoms with Crippen molar-refractivity contribution in [2.45, 2.75) is 32.4 Å². The first-order chi connectivity index (χ1) is 13.9. The van der Waals surface area contributed by atoms with Crippen LogP contribution in [0.2, 0.25) is 0 Å². The molecular formula is C22H27N5O2. The molecule has 0 spiro atoms. The van der Waals surface area contributed by atoms with Gasteiger partial charge in [0, 0.05) is 26.3 Å². The molecule has 0 aliphatic carbocycles. The minimum Gasteiger partial charge on any atom is -0.478 e. The molecule has 1 N–H and O–H groups in total. The third kappa shape index (κ3) is 3.46. The molecule has 0 radical (unpaired) electrons. The lowest BCUT2D eigenvalue weighted by molar-refractivity contribution is 0.0697. The van der Waals surface area contributed by atoms with Gasteiger partial charge in [0.25, 0.3) is 0 Å². The summed E-state index contributed by atoms with van der Waals surface area (Å²) in [5.74, 6) is -0.954. The van der Waals surface area contributed by atoms with Crippen LogP contribution >= 0.6 is 0 Å². The number of benzene rings is 1. The van der Waals surface area contributed by atoms with Crippen molar-refractivity contribution in [3.8, 4) is 0 Å². The Balaban J connectivity index is 1.80. The van der Waals surface area contributed by atoms with E-state index in [1.807, 2.05) is 14.0 Å². The van der Waals surface area contributed by atoms with Gasteiger partial charge in [-0.25, -0.2) is 9.78 Å². The number of carboxylic acids is 1. The van der Waals surface area contributed by atoms with E-state index in [1.165, 1.54) is 17.3 Å². The van der Waals surface area contributed by atoms with E-state index >= 15 is 0 Å². The molecule has 1 atom stereocenters. The van der Waals surface area contributed by atoms with Gasteiger partial charge in [0.1, 0.15) is 5.56 Å². The van der Waals surface area contributed by atoms with Gasteiger partial charge in [-0.2, -0.15) is 5.10 Å². The van der Waals surface area contributed by atoms with Crippen LogP contribution in [0.4, 0.5) is 5.69 Å². The monoisotopic (exact) mass is 393 g/mol. The summed E-state index contributed by atoms with van der Waals surface area (Å²) in [6.07, 6.45) is 3.48. The summed E-state index contributed by atoms with van der Waals surface area (Å²) in [7, 11) is 5.97. The average Bonchev–Trinajstić information content (AvgIpc) is 3.26. The van der Waals surface area contributed by atoms with Crippen LogP contribution in [0.15, 0.2) is 30.5 Å². The Morgan fingerprint density at radius 3 is 2.66 bits per heavy atom. The molecule has 1 saturated heterocycles. The molecule has 1 fully saturated rings. The fourth-order valence-electron chi connectivity index (χ4n) is 4.44. The van der Waals surface area contributed by atoms with Crippen LogP contribution in [0.3, 0.4) is 0 Å². The molecule has 2 aromatic heterocycles. The smallest absolute Gasteiger partial charge is 0.339 e. The highest BCUT2D eigenvalue weighted by atomic mass is 16.4. The third-order valence-corrected chi connectivity index (χ3v) is 5.63. The van der Waals surface area contributed by atoms with Crippen LogP contribution in [0.25, 0.3) is 11.0 Å². The number of anilines is 1. The van der Waals surface area contributed by atoms with Crippen molar-refractivity contribution in [1.82, 2.24) is 19.7 Å². The van der Waals surface area contributed by atoms with E-state index in [-0.39, 0.29) is 11.6 Å². The van der Waals surface area contributed by atoms with E-state index in [2.05, 4.69) is 58.2 Å². The molecule has 0 bridgehead atoms. The van der Waals surface area contributed by atoms with E-state index in [0.29, 0.717) is 0 Å². The van der Waals surface area contributed by atoms with E-state index < -0.39 is 5.97 Å². The Morgan fingerprint density at radius 1 is 1.28 bits per heavy atom. The molecule has 1 aliphatic rings. The summed E-state index contributed by atoms with van der Waals surface area (Å²) in [6, 6.07) is 8.84. The number of hydrogen-bond acceptors (Lipinski definition) is 5. The van der Waals surface area contributed by atoms with E-state index in [9.17, 15) is 9.90 Å². The largest absolute Gasteiger partial charge is 0.478 e. The molecule has 4 rings (SSSR count). The van der Waals surface area contributed by atoms with E-state index in [0.717, 1.165) is 48.3 Å². The molecule has 1 unspecified atom stereocenters. The van der Waals surface area contributed by atoms with Crippen molar-refractivity contribution in [2.75, 3.05) is 25.5 Å². The third-order valence-electron chi connectivity index (χ3n) is 5.63. The maximum absolute atomic E-state index is 12.0. The number of aromatic nitrogens is 3. The number of nitrogens with zero attached hydrogens (tertiary/aromatic N) is 5. The summed E-state index contributed by atoms with van der Waals surface area (Å²) in [5.41, 5.74) is 4.99. The van der Waals surface area contributed by atoms with Gasteiger partial charge < -0.3 is 14.9 Å². The second-order valence-electron chi connectivity index (χ2n) is 8.06. The van der Waals surface area contributed by atoms with Crippen molar-refractivity contribution >= 4 is 22.7 Å². The van der Waals surface area contributed by atoms with Gasteiger partial charge in [-0.3, -0.25) is 4.68 Å². The van der Waals surface area contributed by atoms with Gasteiger partial charge >= 0.3 is 5.97 Å². The first kappa shape index (κ1) is 19.4. The normalized spacial score (nSPS) is 16.9. The maximum atomic E-state index is 12.0. The van der Waals surface area contributed by atoms with Crippen LogP contribution in [0.5, 0.6) is 0 Å². The molecule has 1 aromatic carbocycles. The Labute approximate surface area is 170 Å². The Bertz CT molecular complexity index is 1060. The summed E-state index contributed by atoms with van der Waals surface area (Å²) < 4.78 is 1.72. The zero-order valence-electron chi connectivity index (χ0n) is 17.4. The SMILES string of the molecule is Cc1nn(C)c2ncc(C(=O)O)c(N3CCCC3c3ccc(CN(C)C)cc3)c12. The minimum atomic E-state index is -0.954. The predicted molar refractivity (Wildman–Crippen MR) is 113 cm³/mol. The highest BCUT2D eigenvalue weighted by Gasteiger charge is 2.32. The molecule has 7 nitrogen and oxygen atoms in total. The van der Waals surface area contributed by atoms with Gasteiger partial charge in [0.2, 0.25) is 0 Å². The molecule has 29 heavy (non-hydrogen) atoms. The number of rotatable bonds is 5. The second-order valence-corrected chi connectivity index (χ2v) is 8.06. The van der Waals surface area contributed by atoms with Crippen molar-refractivity contribution in [3.63, 3.8) is 0 Å². The van der Waals surface area contributed by atoms with Gasteiger partial charge in [-0.15, -0.1) is 0 Å². The summed E-state index contributed by atoms with van der Waals surface area (Å²) in [4.78, 5) is 20.8. The molecule has 1 aliphatic heterocycles. The Morgan fingerprint density at radius 2 is 2.00 bits per heavy atom. The predicted octanol–water partition coefficient (Wildman–Crippen LogP) is 3.38. The minimum absolute atomic E-state index is 0.145. The first-order valence-corrected chi connectivity index (χ1v) is 9.92. The zero-order valence-corrected chi connectivity index (χ0v) is 17.4. The topological polar surface area (TPSA) is 74.5 Å². The fraction of sp³-hybridized carbons (Fsp3) is 0.409. The van der Waals surface area contributed by atoms with Crippen molar-refractivity contribution in [1.29, 1.82) is 0 Å².